The van der Waals surface area contributed by atoms with Gasteiger partial charge in [0.2, 0.25) is 0 Å². The van der Waals surface area contributed by atoms with Gasteiger partial charge in [-0.3, -0.25) is 0 Å². The Balaban J connectivity index is 1.31. The Morgan fingerprint density at radius 3 is 0.983 bits per heavy atom. The van der Waals surface area contributed by atoms with Crippen LogP contribution in [0.1, 0.15) is 40.7 Å². The van der Waals surface area contributed by atoms with Crippen LogP contribution in [0.3, 0.4) is 0 Å². The number of benzene rings is 8. The molecule has 0 radical (unpaired) electrons. The molecule has 2 aliphatic carbocycles. The number of fused-ring (bicyclic) bond motifs is 8. The van der Waals surface area contributed by atoms with Crippen LogP contribution in [-0.4, -0.2) is 8.07 Å². The molecule has 1 heterocycles. The number of allylic oxidation sites excluding steroid dienone is 2. The second-order valence-corrected chi connectivity index (χ2v) is 37.7. The molecule has 8 aromatic carbocycles. The van der Waals surface area contributed by atoms with E-state index in [1.807, 2.05) is 0 Å². The third kappa shape index (κ3) is 5.28. The van der Waals surface area contributed by atoms with Crippen LogP contribution in [0.25, 0.3) is 43.8 Å². The van der Waals surface area contributed by atoms with Crippen molar-refractivity contribution in [1.29, 1.82) is 0 Å². The fourth-order valence-electron chi connectivity index (χ4n) is 11.2. The maximum atomic E-state index is 2.79. The van der Waals surface area contributed by atoms with E-state index >= 15 is 0 Å². The summed E-state index contributed by atoms with van der Waals surface area (Å²) in [6.45, 7) is 0. The van der Waals surface area contributed by atoms with Gasteiger partial charge in [-0.15, -0.1) is 0 Å². The first kappa shape index (κ1) is 35.5. The summed E-state index contributed by atoms with van der Waals surface area (Å²) >= 11 is -3.65. The SMILES string of the molecule is [CH3][Hf]1([CH3])[CH]2C(c3ccc(-c4ccccc4)cc3)=C(c3ccccc32)[Si](c2ccccc2)(c2ccccc2)C2=C(c3ccc(-c4ccccc4)cc3)[CH]1c1ccccc12. The third-order valence-corrected chi connectivity index (χ3v) is 33.4. The van der Waals surface area contributed by atoms with Crippen LogP contribution in [0.2, 0.25) is 9.36 Å². The van der Waals surface area contributed by atoms with Gasteiger partial charge in [-0.1, -0.05) is 0 Å². The van der Waals surface area contributed by atoms with Gasteiger partial charge in [0.1, 0.15) is 0 Å². The average Bonchev–Trinajstić information content (AvgIpc) is 3.85. The Morgan fingerprint density at radius 2 is 0.603 bits per heavy atom. The van der Waals surface area contributed by atoms with Gasteiger partial charge in [0.25, 0.3) is 0 Å². The first-order chi connectivity index (χ1) is 28.6. The number of hydrogen-bond acceptors (Lipinski definition) is 0. The van der Waals surface area contributed by atoms with Crippen LogP contribution in [0, 0.1) is 0 Å². The van der Waals surface area contributed by atoms with Gasteiger partial charge in [-0.25, -0.2) is 0 Å². The number of rotatable bonds is 6. The van der Waals surface area contributed by atoms with Crippen LogP contribution in [0.15, 0.2) is 218 Å². The molecular weight excluding hydrogens is 879 g/mol. The van der Waals surface area contributed by atoms with E-state index in [1.165, 1.54) is 54.9 Å². The summed E-state index contributed by atoms with van der Waals surface area (Å²) in [6.07, 6.45) is 0. The van der Waals surface area contributed by atoms with Gasteiger partial charge < -0.3 is 0 Å². The van der Waals surface area contributed by atoms with E-state index in [0.29, 0.717) is 7.35 Å². The van der Waals surface area contributed by atoms with Gasteiger partial charge in [0.05, 0.1) is 0 Å². The molecule has 0 saturated heterocycles. The van der Waals surface area contributed by atoms with Crippen LogP contribution in [0.5, 0.6) is 0 Å². The molecule has 0 saturated carbocycles. The van der Waals surface area contributed by atoms with Crippen LogP contribution in [0.4, 0.5) is 0 Å². The molecular formula is C56H44HfSi. The zero-order valence-corrected chi connectivity index (χ0v) is 37.5. The molecule has 8 aromatic rings. The van der Waals surface area contributed by atoms with Gasteiger partial charge >= 0.3 is 351 Å². The summed E-state index contributed by atoms with van der Waals surface area (Å²) in [7, 11) is -3.11. The molecule has 4 bridgehead atoms. The summed E-state index contributed by atoms with van der Waals surface area (Å²) in [5.41, 5.74) is 17.1. The molecule has 0 amide bonds. The summed E-state index contributed by atoms with van der Waals surface area (Å²) in [6, 6.07) is 83.7. The number of hydrogen-bond donors (Lipinski definition) is 0. The summed E-state index contributed by atoms with van der Waals surface area (Å²) in [5, 5.41) is 6.08. The predicted octanol–water partition coefficient (Wildman–Crippen LogP) is 13.3. The van der Waals surface area contributed by atoms with Crippen molar-refractivity contribution in [3.63, 3.8) is 0 Å². The Kier molecular flexibility index (Phi) is 8.57. The van der Waals surface area contributed by atoms with Crippen molar-refractivity contribution in [3.8, 4) is 22.3 Å². The Morgan fingerprint density at radius 1 is 0.310 bits per heavy atom. The van der Waals surface area contributed by atoms with E-state index in [9.17, 15) is 0 Å². The molecule has 2 atom stereocenters. The van der Waals surface area contributed by atoms with E-state index < -0.39 is 28.0 Å². The van der Waals surface area contributed by atoms with E-state index in [0.717, 1.165) is 0 Å². The van der Waals surface area contributed by atoms with Crippen molar-refractivity contribution in [2.24, 2.45) is 0 Å². The third-order valence-electron chi connectivity index (χ3n) is 13.5. The molecule has 2 heteroatoms. The van der Waals surface area contributed by atoms with Gasteiger partial charge in [-0.05, 0) is 0 Å². The van der Waals surface area contributed by atoms with Crippen molar-refractivity contribution >= 4 is 40.0 Å². The summed E-state index contributed by atoms with van der Waals surface area (Å²) in [5.74, 6) is 0. The zero-order chi connectivity index (χ0) is 38.8. The molecule has 58 heavy (non-hydrogen) atoms. The molecule has 3 aliphatic rings. The van der Waals surface area contributed by atoms with Crippen molar-refractivity contribution in [3.05, 3.63) is 252 Å². The second kappa shape index (κ2) is 14.0. The molecule has 0 fully saturated rings. The average molecular weight is 924 g/mol. The second-order valence-electron chi connectivity index (χ2n) is 16.8. The first-order valence-electron chi connectivity index (χ1n) is 20.7. The monoisotopic (exact) mass is 924 g/mol. The quantitative estimate of drug-likeness (QED) is 0.146. The van der Waals surface area contributed by atoms with Crippen molar-refractivity contribution in [2.75, 3.05) is 0 Å². The molecule has 2 unspecified atom stereocenters. The van der Waals surface area contributed by atoms with Gasteiger partial charge in [0.15, 0.2) is 0 Å². The Labute approximate surface area is 348 Å². The Hall–Kier alpha value is -5.67. The maximum absolute atomic E-state index is 3.65. The molecule has 0 N–H and O–H groups in total. The normalized spacial score (nSPS) is 18.3. The Bertz CT molecular complexity index is 2670. The zero-order valence-electron chi connectivity index (χ0n) is 32.9. The van der Waals surface area contributed by atoms with E-state index in [-0.39, 0.29) is 0 Å². The van der Waals surface area contributed by atoms with E-state index in [2.05, 4.69) is 228 Å². The van der Waals surface area contributed by atoms with Crippen LogP contribution >= 0.6 is 0 Å². The van der Waals surface area contributed by atoms with Crippen molar-refractivity contribution < 1.29 is 20.0 Å². The molecule has 11 rings (SSSR count). The van der Waals surface area contributed by atoms with Gasteiger partial charge in [0, 0.05) is 0 Å². The fourth-order valence-corrected chi connectivity index (χ4v) is 34.3. The standard InChI is InChI=1S/C54H38Si.2CH3.Hf/c1-5-17-39(18-6-1)41-29-33-43(34-30-41)51-37-45-21-13-15-27-49(45)53(51)55(47-23-9-3-10-24-47,48-25-11-4-12-26-48)54-50-28-16-14-22-46(50)38-52(54)44-35-31-42(32-36-44)40-19-7-2-8-20-40;;;/h1-38H;2*1H3;. The fraction of sp³-hybridized carbons (Fsp3) is 0.0714. The molecule has 276 valence electrons. The molecule has 0 nitrogen and oxygen atoms in total. The van der Waals surface area contributed by atoms with E-state index in [4.69, 9.17) is 0 Å². The first-order valence-corrected chi connectivity index (χ1v) is 34.0. The van der Waals surface area contributed by atoms with Crippen LogP contribution in [-0.2, 0) is 20.0 Å². The topological polar surface area (TPSA) is 0 Å². The van der Waals surface area contributed by atoms with Crippen molar-refractivity contribution in [2.45, 2.75) is 16.7 Å². The summed E-state index contributed by atoms with van der Waals surface area (Å²) < 4.78 is 6.32. The molecule has 0 spiro atoms. The van der Waals surface area contributed by atoms with Gasteiger partial charge in [-0.2, -0.15) is 0 Å². The minimum absolute atomic E-state index is 0.372. The molecule has 1 aliphatic heterocycles. The van der Waals surface area contributed by atoms with Crippen molar-refractivity contribution in [1.82, 2.24) is 0 Å². The van der Waals surface area contributed by atoms with E-state index in [1.54, 1.807) is 32.7 Å². The van der Waals surface area contributed by atoms with Crippen LogP contribution < -0.4 is 10.4 Å². The predicted molar refractivity (Wildman–Crippen MR) is 245 cm³/mol. The minimum atomic E-state index is -3.65. The molecule has 0 aromatic heterocycles. The summed E-state index contributed by atoms with van der Waals surface area (Å²) in [4.78, 5) is 0.